The van der Waals surface area contributed by atoms with Crippen LogP contribution in [0.1, 0.15) is 10.4 Å². The summed E-state index contributed by atoms with van der Waals surface area (Å²) >= 11 is 5.81. The zero-order valence-electron chi connectivity index (χ0n) is 13.6. The van der Waals surface area contributed by atoms with E-state index >= 15 is 0 Å². The third-order valence-electron chi connectivity index (χ3n) is 3.42. The van der Waals surface area contributed by atoms with Crippen LogP contribution in [0.25, 0.3) is 0 Å². The Kier molecular flexibility index (Phi) is 6.46. The number of aliphatic hydroxyl groups excluding tert-OH is 1. The van der Waals surface area contributed by atoms with Gasteiger partial charge >= 0.3 is 0 Å². The van der Waals surface area contributed by atoms with Crippen molar-refractivity contribution in [1.29, 1.82) is 0 Å². The maximum atomic E-state index is 12.3. The lowest BCUT2D eigenvalue weighted by Gasteiger charge is -2.21. The Labute approximate surface area is 146 Å². The maximum absolute atomic E-state index is 12.3. The van der Waals surface area contributed by atoms with Gasteiger partial charge in [-0.15, -0.1) is 0 Å². The number of amides is 1. The summed E-state index contributed by atoms with van der Waals surface area (Å²) in [5.74, 6) is 0.948. The van der Waals surface area contributed by atoms with E-state index in [1.807, 2.05) is 12.1 Å². The fraction of sp³-hybridized carbons (Fsp3) is 0.278. The summed E-state index contributed by atoms with van der Waals surface area (Å²) in [6.45, 7) is 0.204. The number of nitrogens with zero attached hydrogens (tertiary/aromatic N) is 1. The highest BCUT2D eigenvalue weighted by Gasteiger charge is 2.16. The summed E-state index contributed by atoms with van der Waals surface area (Å²) in [7, 11) is 3.18. The van der Waals surface area contributed by atoms with Crippen LogP contribution in [0.4, 0.5) is 0 Å². The normalized spacial score (nSPS) is 11.7. The molecule has 0 aliphatic heterocycles. The third kappa shape index (κ3) is 4.88. The molecule has 128 valence electrons. The lowest BCUT2D eigenvalue weighted by molar-refractivity contribution is 0.0559. The second-order valence-corrected chi connectivity index (χ2v) is 5.74. The number of para-hydroxylation sites is 2. The Balaban J connectivity index is 1.88. The van der Waals surface area contributed by atoms with Crippen LogP contribution in [0.15, 0.2) is 48.5 Å². The van der Waals surface area contributed by atoms with Gasteiger partial charge in [-0.2, -0.15) is 0 Å². The first-order valence-electron chi connectivity index (χ1n) is 7.46. The van der Waals surface area contributed by atoms with Crippen molar-refractivity contribution in [2.75, 3.05) is 27.3 Å². The van der Waals surface area contributed by atoms with Gasteiger partial charge in [-0.1, -0.05) is 23.7 Å². The van der Waals surface area contributed by atoms with E-state index in [4.69, 9.17) is 21.1 Å². The van der Waals surface area contributed by atoms with Crippen molar-refractivity contribution in [2.24, 2.45) is 0 Å². The van der Waals surface area contributed by atoms with Crippen LogP contribution in [0.5, 0.6) is 11.5 Å². The number of carbonyl (C=O) groups is 1. The first kappa shape index (κ1) is 18.1. The van der Waals surface area contributed by atoms with Crippen LogP contribution >= 0.6 is 11.6 Å². The molecule has 6 heteroatoms. The van der Waals surface area contributed by atoms with Crippen LogP contribution in [0.2, 0.25) is 5.02 Å². The van der Waals surface area contributed by atoms with Crippen molar-refractivity contribution in [3.05, 3.63) is 59.1 Å². The fourth-order valence-electron chi connectivity index (χ4n) is 2.19. The number of halogens is 1. The van der Waals surface area contributed by atoms with Gasteiger partial charge in [-0.25, -0.2) is 0 Å². The Morgan fingerprint density at radius 1 is 1.17 bits per heavy atom. The molecule has 24 heavy (non-hydrogen) atoms. The highest BCUT2D eigenvalue weighted by molar-refractivity contribution is 6.30. The molecule has 0 heterocycles. The van der Waals surface area contributed by atoms with E-state index in [1.54, 1.807) is 50.6 Å². The van der Waals surface area contributed by atoms with Gasteiger partial charge in [-0.3, -0.25) is 4.79 Å². The van der Waals surface area contributed by atoms with Crippen LogP contribution in [-0.2, 0) is 0 Å². The summed E-state index contributed by atoms with van der Waals surface area (Å²) < 4.78 is 10.7. The van der Waals surface area contributed by atoms with Crippen molar-refractivity contribution < 1.29 is 19.4 Å². The number of likely N-dealkylation sites (N-methyl/N-ethyl adjacent to an activating group) is 1. The number of hydrogen-bond acceptors (Lipinski definition) is 4. The van der Waals surface area contributed by atoms with Gasteiger partial charge in [0.25, 0.3) is 5.91 Å². The van der Waals surface area contributed by atoms with Crippen molar-refractivity contribution in [2.45, 2.75) is 6.10 Å². The van der Waals surface area contributed by atoms with E-state index in [2.05, 4.69) is 0 Å². The topological polar surface area (TPSA) is 59.0 Å². The Morgan fingerprint density at radius 2 is 1.79 bits per heavy atom. The van der Waals surface area contributed by atoms with Gasteiger partial charge in [0.05, 0.1) is 7.11 Å². The summed E-state index contributed by atoms with van der Waals surface area (Å²) in [6, 6.07) is 13.8. The first-order valence-corrected chi connectivity index (χ1v) is 7.84. The van der Waals surface area contributed by atoms with Crippen molar-refractivity contribution in [3.8, 4) is 11.5 Å². The molecule has 2 aromatic rings. The standard InChI is InChI=1S/C18H20ClNO4/c1-20(18(22)13-7-9-14(19)10-8-13)11-15(21)12-24-17-6-4-3-5-16(17)23-2/h3-10,15,21H,11-12H2,1-2H3/t15-/m0/s1. The molecule has 0 aliphatic carbocycles. The van der Waals surface area contributed by atoms with E-state index in [0.717, 1.165) is 0 Å². The Morgan fingerprint density at radius 3 is 2.42 bits per heavy atom. The highest BCUT2D eigenvalue weighted by atomic mass is 35.5. The van der Waals surface area contributed by atoms with E-state index in [9.17, 15) is 9.90 Å². The molecule has 0 aromatic heterocycles. The fourth-order valence-corrected chi connectivity index (χ4v) is 2.31. The smallest absolute Gasteiger partial charge is 0.253 e. The van der Waals surface area contributed by atoms with Gasteiger partial charge in [-0.05, 0) is 36.4 Å². The number of carbonyl (C=O) groups excluding carboxylic acids is 1. The molecule has 1 atom stereocenters. The van der Waals surface area contributed by atoms with Crippen LogP contribution < -0.4 is 9.47 Å². The van der Waals surface area contributed by atoms with Crippen LogP contribution in [0.3, 0.4) is 0 Å². The molecule has 0 fully saturated rings. The average Bonchev–Trinajstić information content (AvgIpc) is 2.60. The molecule has 0 unspecified atom stereocenters. The first-order chi connectivity index (χ1) is 11.5. The molecule has 2 rings (SSSR count). The van der Waals surface area contributed by atoms with Gasteiger partial charge in [0.2, 0.25) is 0 Å². The SMILES string of the molecule is COc1ccccc1OC[C@@H](O)CN(C)C(=O)c1ccc(Cl)cc1. The van der Waals surface area contributed by atoms with E-state index in [1.165, 1.54) is 4.90 Å². The Bertz CT molecular complexity index is 675. The molecular formula is C18H20ClNO4. The number of methoxy groups -OCH3 is 1. The van der Waals surface area contributed by atoms with Crippen molar-refractivity contribution >= 4 is 17.5 Å². The van der Waals surface area contributed by atoms with Crippen LogP contribution in [0, 0.1) is 0 Å². The number of hydrogen-bond donors (Lipinski definition) is 1. The molecule has 1 amide bonds. The maximum Gasteiger partial charge on any atom is 0.253 e. The molecule has 0 saturated carbocycles. The van der Waals surface area contributed by atoms with Gasteiger partial charge < -0.3 is 19.5 Å². The number of rotatable bonds is 7. The number of aliphatic hydroxyl groups is 1. The van der Waals surface area contributed by atoms with Crippen LogP contribution in [-0.4, -0.2) is 49.3 Å². The summed E-state index contributed by atoms with van der Waals surface area (Å²) in [5, 5.41) is 10.7. The van der Waals surface area contributed by atoms with Gasteiger partial charge in [0, 0.05) is 24.2 Å². The molecule has 0 saturated heterocycles. The molecule has 5 nitrogen and oxygen atoms in total. The van der Waals surface area contributed by atoms with E-state index < -0.39 is 6.10 Å². The molecule has 1 N–H and O–H groups in total. The second-order valence-electron chi connectivity index (χ2n) is 5.31. The molecule has 0 spiro atoms. The summed E-state index contributed by atoms with van der Waals surface area (Å²) in [4.78, 5) is 13.7. The van der Waals surface area contributed by atoms with Crippen molar-refractivity contribution in [1.82, 2.24) is 4.90 Å². The zero-order chi connectivity index (χ0) is 17.5. The summed E-state index contributed by atoms with van der Waals surface area (Å²) in [5.41, 5.74) is 0.514. The highest BCUT2D eigenvalue weighted by Crippen LogP contribution is 2.25. The monoisotopic (exact) mass is 349 g/mol. The lowest BCUT2D eigenvalue weighted by Crippen LogP contribution is -2.37. The number of ether oxygens (including phenoxy) is 2. The predicted octanol–water partition coefficient (Wildman–Crippen LogP) is 2.86. The molecule has 0 aliphatic rings. The minimum atomic E-state index is -0.823. The molecule has 0 bridgehead atoms. The third-order valence-corrected chi connectivity index (χ3v) is 3.67. The minimum absolute atomic E-state index is 0.0542. The quantitative estimate of drug-likeness (QED) is 0.835. The van der Waals surface area contributed by atoms with Gasteiger partial charge in [0.1, 0.15) is 12.7 Å². The Hall–Kier alpha value is -2.24. The molecular weight excluding hydrogens is 330 g/mol. The van der Waals surface area contributed by atoms with E-state index in [-0.39, 0.29) is 19.1 Å². The summed E-state index contributed by atoms with van der Waals surface area (Å²) in [6.07, 6.45) is -0.823. The van der Waals surface area contributed by atoms with E-state index in [0.29, 0.717) is 22.1 Å². The lowest BCUT2D eigenvalue weighted by atomic mass is 10.2. The van der Waals surface area contributed by atoms with Crippen molar-refractivity contribution in [3.63, 3.8) is 0 Å². The molecule has 0 radical (unpaired) electrons. The largest absolute Gasteiger partial charge is 0.493 e. The number of benzene rings is 2. The minimum Gasteiger partial charge on any atom is -0.493 e. The van der Waals surface area contributed by atoms with Gasteiger partial charge in [0.15, 0.2) is 11.5 Å². The second kappa shape index (κ2) is 8.57. The molecule has 2 aromatic carbocycles. The zero-order valence-corrected chi connectivity index (χ0v) is 14.4. The average molecular weight is 350 g/mol. The predicted molar refractivity (Wildman–Crippen MR) is 92.9 cm³/mol.